The zero-order chi connectivity index (χ0) is 27.0. The van der Waals surface area contributed by atoms with Gasteiger partial charge in [-0.1, -0.05) is 52.7 Å². The first-order valence-electron chi connectivity index (χ1n) is 12.8. The fourth-order valence-electron chi connectivity index (χ4n) is 3.08. The SMILES string of the molecule is C=CC(=O)OCCC(CCOC(=O)C=C)COC(=O)NCCCCCCNC(=O)OCC(CC)CC. The van der Waals surface area contributed by atoms with Crippen LogP contribution in [0.2, 0.25) is 0 Å². The zero-order valence-electron chi connectivity index (χ0n) is 21.9. The highest BCUT2D eigenvalue weighted by Gasteiger charge is 2.14. The number of nitrogens with one attached hydrogen (secondary N) is 2. The number of rotatable bonds is 21. The molecule has 10 heteroatoms. The lowest BCUT2D eigenvalue weighted by molar-refractivity contribution is -0.138. The molecule has 2 amide bonds. The molecule has 0 saturated carbocycles. The Balaban J connectivity index is 3.96. The predicted octanol–water partition coefficient (Wildman–Crippen LogP) is 4.29. The molecule has 0 atom stereocenters. The van der Waals surface area contributed by atoms with Crippen LogP contribution in [-0.4, -0.2) is 63.6 Å². The van der Waals surface area contributed by atoms with Gasteiger partial charge in [0.15, 0.2) is 0 Å². The molecule has 0 bridgehead atoms. The van der Waals surface area contributed by atoms with E-state index in [0.29, 0.717) is 38.5 Å². The fourth-order valence-corrected chi connectivity index (χ4v) is 3.08. The van der Waals surface area contributed by atoms with Crippen molar-refractivity contribution in [2.45, 2.75) is 65.2 Å². The number of hydrogen-bond donors (Lipinski definition) is 2. The van der Waals surface area contributed by atoms with Crippen molar-refractivity contribution < 1.29 is 38.1 Å². The van der Waals surface area contributed by atoms with E-state index in [1.54, 1.807) is 0 Å². The molecule has 0 radical (unpaired) electrons. The highest BCUT2D eigenvalue weighted by Crippen LogP contribution is 2.11. The van der Waals surface area contributed by atoms with Crippen molar-refractivity contribution in [3.05, 3.63) is 25.3 Å². The Morgan fingerprint density at radius 1 is 0.667 bits per heavy atom. The molecule has 0 rings (SSSR count). The van der Waals surface area contributed by atoms with Gasteiger partial charge < -0.3 is 29.6 Å². The van der Waals surface area contributed by atoms with Crippen LogP contribution in [0.3, 0.4) is 0 Å². The van der Waals surface area contributed by atoms with E-state index in [4.69, 9.17) is 18.9 Å². The minimum Gasteiger partial charge on any atom is -0.463 e. The van der Waals surface area contributed by atoms with E-state index in [9.17, 15) is 19.2 Å². The van der Waals surface area contributed by atoms with E-state index in [2.05, 4.69) is 37.6 Å². The summed E-state index contributed by atoms with van der Waals surface area (Å²) in [5.74, 6) is -0.804. The lowest BCUT2D eigenvalue weighted by atomic mass is 10.0. The van der Waals surface area contributed by atoms with E-state index < -0.39 is 18.0 Å². The molecule has 0 aliphatic heterocycles. The van der Waals surface area contributed by atoms with Gasteiger partial charge in [-0.15, -0.1) is 0 Å². The van der Waals surface area contributed by atoms with Gasteiger partial charge in [0.25, 0.3) is 0 Å². The predicted molar refractivity (Wildman–Crippen MR) is 136 cm³/mol. The van der Waals surface area contributed by atoms with Gasteiger partial charge in [0.05, 0.1) is 26.4 Å². The second-order valence-electron chi connectivity index (χ2n) is 8.33. The summed E-state index contributed by atoms with van der Waals surface area (Å²) in [4.78, 5) is 46.0. The van der Waals surface area contributed by atoms with Crippen LogP contribution in [0, 0.1) is 11.8 Å². The van der Waals surface area contributed by atoms with Crippen LogP contribution in [0.5, 0.6) is 0 Å². The summed E-state index contributed by atoms with van der Waals surface area (Å²) in [7, 11) is 0. The Morgan fingerprint density at radius 2 is 1.08 bits per heavy atom. The second-order valence-corrected chi connectivity index (χ2v) is 8.33. The summed E-state index contributed by atoms with van der Waals surface area (Å²) in [6.07, 6.45) is 7.54. The van der Waals surface area contributed by atoms with E-state index in [-0.39, 0.29) is 31.8 Å². The smallest absolute Gasteiger partial charge is 0.407 e. The van der Waals surface area contributed by atoms with Crippen LogP contribution in [0.25, 0.3) is 0 Å². The number of hydrogen-bond acceptors (Lipinski definition) is 8. The Kier molecular flexibility index (Phi) is 20.5. The standard InChI is InChI=1S/C26H44N2O8/c1-5-21(6-2)19-35-25(31)27-15-11-9-10-12-16-28-26(32)36-20-22(13-17-33-23(29)7-3)14-18-34-24(30)8-4/h7-8,21-22H,3-6,9-20H2,1-2H3,(H,27,31)(H,28,32). The lowest BCUT2D eigenvalue weighted by Gasteiger charge is -2.17. The van der Waals surface area contributed by atoms with Crippen molar-refractivity contribution in [3.63, 3.8) is 0 Å². The van der Waals surface area contributed by atoms with Crippen LogP contribution in [0.1, 0.15) is 65.2 Å². The number of carbonyl (C=O) groups is 4. The number of unbranched alkanes of at least 4 members (excludes halogenated alkanes) is 3. The molecule has 0 spiro atoms. The monoisotopic (exact) mass is 512 g/mol. The molecule has 36 heavy (non-hydrogen) atoms. The van der Waals surface area contributed by atoms with Crippen LogP contribution >= 0.6 is 0 Å². The average Bonchev–Trinajstić information content (AvgIpc) is 2.88. The highest BCUT2D eigenvalue weighted by atomic mass is 16.6. The van der Waals surface area contributed by atoms with Crippen molar-refractivity contribution in [2.75, 3.05) is 39.5 Å². The maximum atomic E-state index is 12.0. The molecule has 0 aromatic rings. The largest absolute Gasteiger partial charge is 0.463 e. The molecule has 10 nitrogen and oxygen atoms in total. The molecular formula is C26H44N2O8. The Hall–Kier alpha value is -3.04. The Bertz CT molecular complexity index is 638. The minimum atomic E-state index is -0.534. The first-order valence-corrected chi connectivity index (χ1v) is 12.8. The molecule has 2 N–H and O–H groups in total. The number of amides is 2. The number of carbonyl (C=O) groups excluding carboxylic acids is 4. The van der Waals surface area contributed by atoms with Crippen molar-refractivity contribution in [1.29, 1.82) is 0 Å². The maximum absolute atomic E-state index is 12.0. The van der Waals surface area contributed by atoms with E-state index >= 15 is 0 Å². The first kappa shape index (κ1) is 33.0. The minimum absolute atomic E-state index is 0.0993. The van der Waals surface area contributed by atoms with Crippen LogP contribution in [-0.2, 0) is 28.5 Å². The zero-order valence-corrected chi connectivity index (χ0v) is 21.9. The molecule has 0 unspecified atom stereocenters. The molecule has 0 fully saturated rings. The van der Waals surface area contributed by atoms with Gasteiger partial charge in [-0.3, -0.25) is 0 Å². The molecule has 0 saturated heterocycles. The lowest BCUT2D eigenvalue weighted by Crippen LogP contribution is -2.28. The number of esters is 2. The average molecular weight is 513 g/mol. The molecule has 0 aliphatic carbocycles. The Labute approximate surface area is 215 Å². The van der Waals surface area contributed by atoms with Gasteiger partial charge in [0.1, 0.15) is 0 Å². The quantitative estimate of drug-likeness (QED) is 0.101. The van der Waals surface area contributed by atoms with Crippen molar-refractivity contribution in [3.8, 4) is 0 Å². The number of alkyl carbamates (subject to hydrolysis) is 2. The molecule has 0 aromatic carbocycles. The maximum Gasteiger partial charge on any atom is 0.407 e. The third-order valence-electron chi connectivity index (χ3n) is 5.57. The van der Waals surface area contributed by atoms with Gasteiger partial charge >= 0.3 is 24.1 Å². The number of ether oxygens (including phenoxy) is 4. The molecule has 0 aromatic heterocycles. The van der Waals surface area contributed by atoms with E-state index in [1.165, 1.54) is 0 Å². The highest BCUT2D eigenvalue weighted by molar-refractivity contribution is 5.81. The summed E-state index contributed by atoms with van der Waals surface area (Å²) in [6, 6.07) is 0. The summed E-state index contributed by atoms with van der Waals surface area (Å²) in [5.41, 5.74) is 0. The third kappa shape index (κ3) is 19.3. The summed E-state index contributed by atoms with van der Waals surface area (Å²) < 4.78 is 20.4. The molecule has 0 aliphatic rings. The summed E-state index contributed by atoms with van der Waals surface area (Å²) >= 11 is 0. The third-order valence-corrected chi connectivity index (χ3v) is 5.57. The van der Waals surface area contributed by atoms with E-state index in [1.807, 2.05) is 0 Å². The van der Waals surface area contributed by atoms with Gasteiger partial charge in [-0.2, -0.15) is 0 Å². The van der Waals surface area contributed by atoms with Crippen LogP contribution < -0.4 is 10.6 Å². The first-order chi connectivity index (χ1) is 17.4. The fraction of sp³-hybridized carbons (Fsp3) is 0.692. The Morgan fingerprint density at radius 3 is 1.47 bits per heavy atom. The van der Waals surface area contributed by atoms with Crippen molar-refractivity contribution in [2.24, 2.45) is 11.8 Å². The molecule has 0 heterocycles. The topological polar surface area (TPSA) is 129 Å². The molecular weight excluding hydrogens is 468 g/mol. The van der Waals surface area contributed by atoms with Crippen LogP contribution in [0.15, 0.2) is 25.3 Å². The summed E-state index contributed by atoms with van der Waals surface area (Å²) in [6.45, 7) is 12.7. The summed E-state index contributed by atoms with van der Waals surface area (Å²) in [5, 5.41) is 5.46. The van der Waals surface area contributed by atoms with Gasteiger partial charge in [-0.25, -0.2) is 19.2 Å². The normalized spacial score (nSPS) is 10.4. The van der Waals surface area contributed by atoms with Crippen molar-refractivity contribution in [1.82, 2.24) is 10.6 Å². The molecule has 206 valence electrons. The van der Waals surface area contributed by atoms with Crippen LogP contribution in [0.4, 0.5) is 9.59 Å². The van der Waals surface area contributed by atoms with Gasteiger partial charge in [0.2, 0.25) is 0 Å². The van der Waals surface area contributed by atoms with Crippen molar-refractivity contribution >= 4 is 24.1 Å². The van der Waals surface area contributed by atoms with E-state index in [0.717, 1.165) is 50.7 Å². The van der Waals surface area contributed by atoms with Gasteiger partial charge in [0, 0.05) is 25.2 Å². The second kappa shape index (κ2) is 22.4. The van der Waals surface area contributed by atoms with Gasteiger partial charge in [-0.05, 0) is 37.5 Å².